The maximum atomic E-state index is 13.1. The van der Waals surface area contributed by atoms with Crippen LogP contribution in [0.15, 0.2) is 24.3 Å². The molecule has 1 aliphatic heterocycles. The standard InChI is InChI=1S/C17H18O4/c1-19-17(20-2)13-6-4-3-5-12(13)14(18)15-10-7-8-11(9-10)16(15,17)21-15/h3-6,10-11H,7-9H2,1-2H3/t10-,11-,15-,16+/m0/s1. The molecular formula is C17H18O4. The smallest absolute Gasteiger partial charge is 0.229 e. The van der Waals surface area contributed by atoms with Gasteiger partial charge in [-0.2, -0.15) is 0 Å². The van der Waals surface area contributed by atoms with Crippen molar-refractivity contribution in [1.82, 2.24) is 0 Å². The third-order valence-corrected chi connectivity index (χ3v) is 6.34. The first-order valence-corrected chi connectivity index (χ1v) is 7.62. The predicted octanol–water partition coefficient (Wildman–Crippen LogP) is 2.27. The minimum Gasteiger partial charge on any atom is -0.347 e. The molecule has 4 heteroatoms. The zero-order valence-electron chi connectivity index (χ0n) is 12.2. The first-order valence-electron chi connectivity index (χ1n) is 7.62. The van der Waals surface area contributed by atoms with Crippen LogP contribution in [0.4, 0.5) is 0 Å². The van der Waals surface area contributed by atoms with Gasteiger partial charge in [-0.3, -0.25) is 4.79 Å². The monoisotopic (exact) mass is 286 g/mol. The van der Waals surface area contributed by atoms with Crippen molar-refractivity contribution in [2.24, 2.45) is 11.8 Å². The van der Waals surface area contributed by atoms with Gasteiger partial charge in [-0.15, -0.1) is 0 Å². The molecule has 5 rings (SSSR count). The summed E-state index contributed by atoms with van der Waals surface area (Å²) in [5, 5.41) is 0. The van der Waals surface area contributed by atoms with E-state index < -0.39 is 17.0 Å². The summed E-state index contributed by atoms with van der Waals surface area (Å²) in [6.45, 7) is 0. The van der Waals surface area contributed by atoms with E-state index in [9.17, 15) is 4.79 Å². The Kier molecular flexibility index (Phi) is 1.99. The van der Waals surface area contributed by atoms with E-state index in [2.05, 4.69) is 0 Å². The Balaban J connectivity index is 1.86. The van der Waals surface area contributed by atoms with Gasteiger partial charge in [0.15, 0.2) is 17.0 Å². The number of epoxide rings is 1. The SMILES string of the molecule is COC1(OC)c2ccccc2C(=O)[C@]23O[C@@]12[C@H]1CC[C@H]3C1. The zero-order chi connectivity index (χ0) is 14.5. The van der Waals surface area contributed by atoms with Gasteiger partial charge in [0, 0.05) is 25.3 Å². The van der Waals surface area contributed by atoms with Gasteiger partial charge in [0.1, 0.15) is 0 Å². The Morgan fingerprint density at radius 1 is 1.14 bits per heavy atom. The molecule has 3 aliphatic carbocycles. The zero-order valence-corrected chi connectivity index (χ0v) is 12.2. The van der Waals surface area contributed by atoms with Crippen molar-refractivity contribution in [2.45, 2.75) is 36.3 Å². The molecule has 1 saturated heterocycles. The fourth-order valence-electron chi connectivity index (χ4n) is 5.68. The minimum atomic E-state index is -0.961. The molecule has 1 heterocycles. The molecule has 110 valence electrons. The number of ketones is 1. The van der Waals surface area contributed by atoms with Crippen molar-refractivity contribution in [3.05, 3.63) is 35.4 Å². The topological polar surface area (TPSA) is 48.1 Å². The quantitative estimate of drug-likeness (QED) is 0.618. The van der Waals surface area contributed by atoms with Crippen molar-refractivity contribution in [3.8, 4) is 0 Å². The Labute approximate surface area is 123 Å². The third kappa shape index (κ3) is 0.944. The second-order valence-electron chi connectivity index (χ2n) is 6.68. The van der Waals surface area contributed by atoms with E-state index >= 15 is 0 Å². The number of hydrogen-bond acceptors (Lipinski definition) is 4. The normalized spacial score (nSPS) is 44.2. The van der Waals surface area contributed by atoms with Crippen molar-refractivity contribution >= 4 is 5.78 Å². The van der Waals surface area contributed by atoms with Gasteiger partial charge in [0.2, 0.25) is 5.79 Å². The molecule has 0 N–H and O–H groups in total. The van der Waals surface area contributed by atoms with Gasteiger partial charge in [-0.25, -0.2) is 0 Å². The molecule has 4 nitrogen and oxygen atoms in total. The van der Waals surface area contributed by atoms with Crippen LogP contribution in [0.2, 0.25) is 0 Å². The number of benzene rings is 1. The van der Waals surface area contributed by atoms with E-state index in [1.807, 2.05) is 24.3 Å². The molecule has 4 atom stereocenters. The molecule has 4 aliphatic rings. The fourth-order valence-corrected chi connectivity index (χ4v) is 5.68. The Morgan fingerprint density at radius 2 is 1.86 bits per heavy atom. The molecule has 0 radical (unpaired) electrons. The largest absolute Gasteiger partial charge is 0.347 e. The van der Waals surface area contributed by atoms with E-state index in [-0.39, 0.29) is 5.78 Å². The Morgan fingerprint density at radius 3 is 2.62 bits per heavy atom. The summed E-state index contributed by atoms with van der Waals surface area (Å²) in [5.74, 6) is -0.167. The van der Waals surface area contributed by atoms with Gasteiger partial charge in [0.25, 0.3) is 0 Å². The number of rotatable bonds is 2. The first kappa shape index (κ1) is 12.3. The van der Waals surface area contributed by atoms with Crippen molar-refractivity contribution in [3.63, 3.8) is 0 Å². The van der Waals surface area contributed by atoms with E-state index in [4.69, 9.17) is 14.2 Å². The van der Waals surface area contributed by atoms with Gasteiger partial charge in [-0.1, -0.05) is 24.3 Å². The van der Waals surface area contributed by atoms with E-state index in [0.29, 0.717) is 17.4 Å². The highest BCUT2D eigenvalue weighted by molar-refractivity contribution is 6.09. The lowest BCUT2D eigenvalue weighted by molar-refractivity contribution is -0.266. The van der Waals surface area contributed by atoms with Gasteiger partial charge in [0.05, 0.1) is 0 Å². The summed E-state index contributed by atoms with van der Waals surface area (Å²) < 4.78 is 18.1. The van der Waals surface area contributed by atoms with Crippen LogP contribution in [-0.2, 0) is 20.0 Å². The molecule has 2 bridgehead atoms. The molecule has 0 amide bonds. The summed E-state index contributed by atoms with van der Waals surface area (Å²) >= 11 is 0. The average molecular weight is 286 g/mol. The van der Waals surface area contributed by atoms with Gasteiger partial charge >= 0.3 is 0 Å². The molecule has 0 spiro atoms. The molecule has 1 aromatic rings. The van der Waals surface area contributed by atoms with Gasteiger partial charge < -0.3 is 14.2 Å². The number of carbonyl (C=O) groups excluding carboxylic acids is 1. The maximum Gasteiger partial charge on any atom is 0.229 e. The molecule has 3 fully saturated rings. The maximum absolute atomic E-state index is 13.1. The van der Waals surface area contributed by atoms with Crippen molar-refractivity contribution < 1.29 is 19.0 Å². The van der Waals surface area contributed by atoms with E-state index in [0.717, 1.165) is 24.8 Å². The Hall–Kier alpha value is -1.23. The molecule has 21 heavy (non-hydrogen) atoms. The van der Waals surface area contributed by atoms with Gasteiger partial charge in [-0.05, 0) is 31.1 Å². The van der Waals surface area contributed by atoms with Crippen LogP contribution in [0.1, 0.15) is 35.2 Å². The number of Topliss-reactive ketones (excluding diaryl/α,β-unsaturated/α-hetero) is 1. The fraction of sp³-hybridized carbons (Fsp3) is 0.588. The van der Waals surface area contributed by atoms with Crippen LogP contribution in [0.5, 0.6) is 0 Å². The second kappa shape index (κ2) is 3.40. The summed E-state index contributed by atoms with van der Waals surface area (Å²) in [4.78, 5) is 13.1. The average Bonchev–Trinajstić information content (AvgIpc) is 2.94. The third-order valence-electron chi connectivity index (χ3n) is 6.34. The van der Waals surface area contributed by atoms with E-state index in [1.165, 1.54) is 0 Å². The summed E-state index contributed by atoms with van der Waals surface area (Å²) in [6.07, 6.45) is 3.22. The summed E-state index contributed by atoms with van der Waals surface area (Å²) in [7, 11) is 3.31. The van der Waals surface area contributed by atoms with Crippen LogP contribution in [0, 0.1) is 11.8 Å². The number of carbonyl (C=O) groups is 1. The number of methoxy groups -OCH3 is 2. The lowest BCUT2D eigenvalue weighted by atomic mass is 9.64. The van der Waals surface area contributed by atoms with Crippen LogP contribution >= 0.6 is 0 Å². The lowest BCUT2D eigenvalue weighted by Gasteiger charge is -2.44. The highest BCUT2D eigenvalue weighted by atomic mass is 16.8. The minimum absolute atomic E-state index is 0.134. The van der Waals surface area contributed by atoms with Crippen LogP contribution < -0.4 is 0 Å². The van der Waals surface area contributed by atoms with Crippen molar-refractivity contribution in [2.75, 3.05) is 14.2 Å². The van der Waals surface area contributed by atoms with Crippen LogP contribution in [-0.4, -0.2) is 31.2 Å². The molecule has 1 aromatic carbocycles. The number of hydrogen-bond donors (Lipinski definition) is 0. The summed E-state index contributed by atoms with van der Waals surface area (Å²) in [5.41, 5.74) is 0.205. The van der Waals surface area contributed by atoms with Crippen molar-refractivity contribution in [1.29, 1.82) is 0 Å². The lowest BCUT2D eigenvalue weighted by Crippen LogP contribution is -2.59. The Bertz CT molecular complexity index is 665. The second-order valence-corrected chi connectivity index (χ2v) is 6.68. The molecule has 0 aromatic heterocycles. The molecular weight excluding hydrogens is 268 g/mol. The van der Waals surface area contributed by atoms with Crippen LogP contribution in [0.3, 0.4) is 0 Å². The highest BCUT2D eigenvalue weighted by Gasteiger charge is 2.94. The van der Waals surface area contributed by atoms with Crippen LogP contribution in [0.25, 0.3) is 0 Å². The predicted molar refractivity (Wildman–Crippen MR) is 73.8 cm³/mol. The molecule has 2 saturated carbocycles. The highest BCUT2D eigenvalue weighted by Crippen LogP contribution is 2.79. The number of fused-ring (bicyclic) bond motifs is 3. The molecule has 0 unspecified atom stereocenters. The first-order chi connectivity index (χ1) is 10.2. The number of ether oxygens (including phenoxy) is 3. The summed E-state index contributed by atoms with van der Waals surface area (Å²) in [6, 6.07) is 7.63. The van der Waals surface area contributed by atoms with E-state index in [1.54, 1.807) is 14.2 Å².